The van der Waals surface area contributed by atoms with Crippen LogP contribution in [0.1, 0.15) is 25.0 Å². The molecule has 0 radical (unpaired) electrons. The second kappa shape index (κ2) is 13.5. The summed E-state index contributed by atoms with van der Waals surface area (Å²) in [4.78, 5) is 0. The summed E-state index contributed by atoms with van der Waals surface area (Å²) in [5.74, 6) is 1.62. The molecule has 0 amide bonds. The summed E-state index contributed by atoms with van der Waals surface area (Å²) in [5, 5.41) is 9.50. The largest absolute Gasteiger partial charge is 0.491 e. The quantitative estimate of drug-likeness (QED) is 0.320. The molecule has 0 heterocycles. The molecule has 7 heteroatoms. The van der Waals surface area contributed by atoms with E-state index in [2.05, 4.69) is 26.0 Å². The highest BCUT2D eigenvalue weighted by Crippen LogP contribution is 2.33. The minimum Gasteiger partial charge on any atom is -0.491 e. The average molecular weight is 454 g/mol. The molecule has 5 nitrogen and oxygen atoms in total. The van der Waals surface area contributed by atoms with Gasteiger partial charge in [0.25, 0.3) is 0 Å². The molecule has 2 aromatic carbocycles. The van der Waals surface area contributed by atoms with Gasteiger partial charge in [-0.05, 0) is 35.4 Å². The predicted octanol–water partition coefficient (Wildman–Crippen LogP) is 4.37. The number of alkyl halides is 2. The van der Waals surface area contributed by atoms with E-state index in [4.69, 9.17) is 30.5 Å². The molecule has 0 bridgehead atoms. The third kappa shape index (κ3) is 8.65. The molecule has 1 unspecified atom stereocenters. The zero-order valence-electron chi connectivity index (χ0n) is 18.2. The molecule has 0 aliphatic carbocycles. The summed E-state index contributed by atoms with van der Waals surface area (Å²) in [6.45, 7) is 5.82. The Morgan fingerprint density at radius 2 is 1.29 bits per heavy atom. The van der Waals surface area contributed by atoms with Gasteiger partial charge in [0.15, 0.2) is 0 Å². The number of rotatable bonds is 15. The van der Waals surface area contributed by atoms with Crippen LogP contribution in [0.25, 0.3) is 0 Å². The van der Waals surface area contributed by atoms with Gasteiger partial charge in [0.1, 0.15) is 37.5 Å². The van der Waals surface area contributed by atoms with Crippen molar-refractivity contribution < 1.29 is 28.4 Å². The van der Waals surface area contributed by atoms with Gasteiger partial charge in [0, 0.05) is 5.41 Å². The van der Waals surface area contributed by atoms with Gasteiger partial charge >= 0.3 is 0 Å². The van der Waals surface area contributed by atoms with Crippen molar-refractivity contribution in [3.8, 4) is 11.5 Å². The fourth-order valence-electron chi connectivity index (χ4n) is 2.93. The van der Waals surface area contributed by atoms with Gasteiger partial charge in [-0.1, -0.05) is 38.1 Å². The Bertz CT molecular complexity index is 737. The fourth-order valence-corrected chi connectivity index (χ4v) is 3.02. The molecule has 2 aromatic rings. The van der Waals surface area contributed by atoms with E-state index in [9.17, 15) is 9.50 Å². The second-order valence-electron chi connectivity index (χ2n) is 7.56. The molecule has 172 valence electrons. The molecule has 1 N–H and O–H groups in total. The van der Waals surface area contributed by atoms with Crippen molar-refractivity contribution >= 4 is 11.6 Å². The summed E-state index contributed by atoms with van der Waals surface area (Å²) in [7, 11) is 0. The van der Waals surface area contributed by atoms with E-state index in [1.54, 1.807) is 0 Å². The smallest absolute Gasteiger partial charge is 0.119 e. The van der Waals surface area contributed by atoms with Crippen molar-refractivity contribution in [2.45, 2.75) is 25.4 Å². The molecule has 0 aliphatic heterocycles. The Morgan fingerprint density at radius 1 is 0.806 bits per heavy atom. The van der Waals surface area contributed by atoms with Gasteiger partial charge in [0.2, 0.25) is 0 Å². The molecule has 0 fully saturated rings. The van der Waals surface area contributed by atoms with Crippen LogP contribution in [0.4, 0.5) is 4.39 Å². The molecule has 0 aliphatic rings. The van der Waals surface area contributed by atoms with E-state index in [0.717, 1.165) is 16.9 Å². The summed E-state index contributed by atoms with van der Waals surface area (Å²) in [6.07, 6.45) is -0.675. The average Bonchev–Trinajstić information content (AvgIpc) is 2.79. The van der Waals surface area contributed by atoms with Gasteiger partial charge in [-0.15, -0.1) is 11.6 Å². The van der Waals surface area contributed by atoms with E-state index < -0.39 is 12.8 Å². The zero-order valence-corrected chi connectivity index (χ0v) is 18.9. The van der Waals surface area contributed by atoms with Crippen molar-refractivity contribution in [3.63, 3.8) is 0 Å². The van der Waals surface area contributed by atoms with E-state index in [-0.39, 0.29) is 24.5 Å². The first kappa shape index (κ1) is 25.4. The number of aliphatic hydroxyl groups is 1. The van der Waals surface area contributed by atoms with Crippen LogP contribution in [-0.4, -0.2) is 63.4 Å². The minimum atomic E-state index is -0.675. The van der Waals surface area contributed by atoms with Crippen molar-refractivity contribution in [1.82, 2.24) is 0 Å². The van der Waals surface area contributed by atoms with Crippen LogP contribution in [0, 0.1) is 0 Å². The number of benzene rings is 2. The van der Waals surface area contributed by atoms with Crippen LogP contribution in [0.15, 0.2) is 48.5 Å². The Labute approximate surface area is 189 Å². The maximum atomic E-state index is 11.9. The highest BCUT2D eigenvalue weighted by molar-refractivity contribution is 6.18. The van der Waals surface area contributed by atoms with Crippen LogP contribution in [-0.2, 0) is 14.9 Å². The van der Waals surface area contributed by atoms with Crippen molar-refractivity contribution in [2.75, 3.05) is 52.2 Å². The first-order valence-electron chi connectivity index (χ1n) is 10.4. The van der Waals surface area contributed by atoms with Gasteiger partial charge in [-0.25, -0.2) is 4.39 Å². The predicted molar refractivity (Wildman–Crippen MR) is 120 cm³/mol. The SMILES string of the molecule is CC(C)(c1ccc(OCCOCCOCC[18F])cc1)c1ccc(OCC(O)CCl)cc1. The first-order valence-corrected chi connectivity index (χ1v) is 10.9. The Morgan fingerprint density at radius 3 is 1.81 bits per heavy atom. The van der Waals surface area contributed by atoms with Crippen LogP contribution < -0.4 is 9.47 Å². The van der Waals surface area contributed by atoms with Gasteiger partial charge in [-0.3, -0.25) is 0 Å². The van der Waals surface area contributed by atoms with E-state index in [1.165, 1.54) is 0 Å². The molecule has 0 saturated carbocycles. The maximum Gasteiger partial charge on any atom is 0.119 e. The van der Waals surface area contributed by atoms with Crippen molar-refractivity contribution in [1.29, 1.82) is 0 Å². The standard InChI is InChI=1S/C24H32ClFO5/c1-24(2,20-5-9-23(10-6-20)31-18-21(27)17-25)19-3-7-22(8-4-19)30-16-15-29-14-13-28-12-11-26/h3-10,21,27H,11-18H2,1-2H3/i26-1. The summed E-state index contributed by atoms with van der Waals surface area (Å²) in [5.41, 5.74) is 2.11. The molecule has 2 rings (SSSR count). The second-order valence-corrected chi connectivity index (χ2v) is 7.86. The topological polar surface area (TPSA) is 57.2 Å². The number of aliphatic hydroxyl groups excluding tert-OH is 1. The molecular formula is C24H32ClFO5. The summed E-state index contributed by atoms with van der Waals surface area (Å²) < 4.78 is 33.5. The third-order valence-electron chi connectivity index (χ3n) is 4.86. The van der Waals surface area contributed by atoms with Gasteiger partial charge in [0.05, 0.1) is 32.3 Å². The van der Waals surface area contributed by atoms with Crippen LogP contribution in [0.5, 0.6) is 11.5 Å². The summed E-state index contributed by atoms with van der Waals surface area (Å²) in [6, 6.07) is 15.9. The highest BCUT2D eigenvalue weighted by Gasteiger charge is 2.23. The first-order chi connectivity index (χ1) is 15.0. The lowest BCUT2D eigenvalue weighted by atomic mass is 9.78. The van der Waals surface area contributed by atoms with E-state index in [1.807, 2.05) is 36.4 Å². The fraction of sp³-hybridized carbons (Fsp3) is 0.500. The number of hydrogen-bond donors (Lipinski definition) is 1. The Balaban J connectivity index is 1.82. The van der Waals surface area contributed by atoms with E-state index in [0.29, 0.717) is 32.2 Å². The normalized spacial score (nSPS) is 12.5. The molecule has 31 heavy (non-hydrogen) atoms. The number of hydrogen-bond acceptors (Lipinski definition) is 5. The Hall–Kier alpha value is -1.86. The zero-order chi connectivity index (χ0) is 22.5. The van der Waals surface area contributed by atoms with E-state index >= 15 is 0 Å². The number of halogens is 2. The van der Waals surface area contributed by atoms with Crippen molar-refractivity contribution in [3.05, 3.63) is 59.7 Å². The number of ether oxygens (including phenoxy) is 4. The van der Waals surface area contributed by atoms with Crippen molar-refractivity contribution in [2.24, 2.45) is 0 Å². The van der Waals surface area contributed by atoms with Crippen LogP contribution in [0.2, 0.25) is 0 Å². The summed E-state index contributed by atoms with van der Waals surface area (Å²) >= 11 is 5.59. The molecule has 1 atom stereocenters. The lowest BCUT2D eigenvalue weighted by Crippen LogP contribution is -2.20. The van der Waals surface area contributed by atoms with Gasteiger partial charge in [-0.2, -0.15) is 0 Å². The third-order valence-corrected chi connectivity index (χ3v) is 5.22. The van der Waals surface area contributed by atoms with Crippen LogP contribution in [0.3, 0.4) is 0 Å². The molecular weight excluding hydrogens is 422 g/mol. The Kier molecular flexibility index (Phi) is 11.1. The monoisotopic (exact) mass is 453 g/mol. The lowest BCUT2D eigenvalue weighted by molar-refractivity contribution is 0.0325. The highest BCUT2D eigenvalue weighted by atomic mass is 35.5. The van der Waals surface area contributed by atoms with Gasteiger partial charge < -0.3 is 24.1 Å². The minimum absolute atomic E-state index is 0.110. The molecule has 0 spiro atoms. The molecule has 0 saturated heterocycles. The molecule has 0 aromatic heterocycles. The van der Waals surface area contributed by atoms with Crippen LogP contribution >= 0.6 is 11.6 Å². The maximum absolute atomic E-state index is 11.9. The lowest BCUT2D eigenvalue weighted by Gasteiger charge is -2.26.